The summed E-state index contributed by atoms with van der Waals surface area (Å²) in [5.41, 5.74) is 2.02. The van der Waals surface area contributed by atoms with Gasteiger partial charge in [0.05, 0.1) is 12.1 Å². The van der Waals surface area contributed by atoms with Crippen molar-refractivity contribution >= 4 is 40.7 Å². The minimum atomic E-state index is -0.411. The number of amides is 1. The molecule has 0 fully saturated rings. The molecule has 0 radical (unpaired) electrons. The molecule has 0 atom stereocenters. The fraction of sp³-hybridized carbons (Fsp3) is 0.0417. The summed E-state index contributed by atoms with van der Waals surface area (Å²) in [4.78, 5) is 25.8. The Morgan fingerprint density at radius 2 is 1.58 bits per heavy atom. The molecule has 0 saturated carbocycles. The number of ketones is 1. The van der Waals surface area contributed by atoms with Crippen molar-refractivity contribution in [2.75, 3.05) is 5.32 Å². The van der Waals surface area contributed by atoms with E-state index in [4.69, 9.17) is 23.2 Å². The predicted octanol–water partition coefficient (Wildman–Crippen LogP) is 5.72. The van der Waals surface area contributed by atoms with Crippen LogP contribution in [0.4, 0.5) is 5.82 Å². The van der Waals surface area contributed by atoms with E-state index in [0.29, 0.717) is 33.5 Å². The number of nitrogens with zero attached hydrogens (tertiary/aromatic N) is 2. The van der Waals surface area contributed by atoms with Gasteiger partial charge in [0.2, 0.25) is 0 Å². The maximum Gasteiger partial charge on any atom is 0.257 e. The average molecular weight is 450 g/mol. The van der Waals surface area contributed by atoms with Gasteiger partial charge in [0.25, 0.3) is 5.91 Å². The van der Waals surface area contributed by atoms with Crippen LogP contribution in [-0.2, 0) is 6.54 Å². The van der Waals surface area contributed by atoms with Crippen LogP contribution in [0.15, 0.2) is 85.1 Å². The summed E-state index contributed by atoms with van der Waals surface area (Å²) in [6, 6.07) is 22.4. The molecule has 5 nitrogen and oxygen atoms in total. The Morgan fingerprint density at radius 3 is 2.32 bits per heavy atom. The third kappa shape index (κ3) is 5.02. The van der Waals surface area contributed by atoms with Crippen LogP contribution in [0.2, 0.25) is 10.0 Å². The minimum absolute atomic E-state index is 0.256. The van der Waals surface area contributed by atoms with Crippen LogP contribution in [0.3, 0.4) is 0 Å². The summed E-state index contributed by atoms with van der Waals surface area (Å²) in [5, 5.41) is 8.34. The summed E-state index contributed by atoms with van der Waals surface area (Å²) in [5.74, 6) is -0.277. The van der Waals surface area contributed by atoms with Crippen LogP contribution in [0.1, 0.15) is 31.8 Å². The Kier molecular flexibility index (Phi) is 6.16. The standard InChI is InChI=1S/C24H17Cl2N3O2/c25-18-10-8-17(9-11-18)23(30)20-6-1-2-7-21(20)24(31)27-22-12-13-29(28-22)15-16-4-3-5-19(26)14-16/h1-14H,15H2,(H,27,28,31). The van der Waals surface area contributed by atoms with Gasteiger partial charge in [-0.05, 0) is 48.0 Å². The van der Waals surface area contributed by atoms with Crippen molar-refractivity contribution in [1.29, 1.82) is 0 Å². The summed E-state index contributed by atoms with van der Waals surface area (Å²) in [7, 11) is 0. The van der Waals surface area contributed by atoms with Crippen molar-refractivity contribution in [1.82, 2.24) is 9.78 Å². The van der Waals surface area contributed by atoms with Crippen molar-refractivity contribution in [2.45, 2.75) is 6.54 Å². The molecule has 1 N–H and O–H groups in total. The van der Waals surface area contributed by atoms with Gasteiger partial charge in [-0.1, -0.05) is 53.5 Å². The Labute approximate surface area is 189 Å². The van der Waals surface area contributed by atoms with Gasteiger partial charge in [0.1, 0.15) is 0 Å². The van der Waals surface area contributed by atoms with Crippen LogP contribution >= 0.6 is 23.2 Å². The second-order valence-corrected chi connectivity index (χ2v) is 7.74. The maximum atomic E-state index is 12.9. The summed E-state index contributed by atoms with van der Waals surface area (Å²) < 4.78 is 1.70. The summed E-state index contributed by atoms with van der Waals surface area (Å²) >= 11 is 11.9. The molecular weight excluding hydrogens is 433 g/mol. The Morgan fingerprint density at radius 1 is 0.839 bits per heavy atom. The van der Waals surface area contributed by atoms with E-state index in [1.165, 1.54) is 0 Å². The second kappa shape index (κ2) is 9.16. The number of hydrogen-bond acceptors (Lipinski definition) is 3. The highest BCUT2D eigenvalue weighted by atomic mass is 35.5. The number of carbonyl (C=O) groups excluding carboxylic acids is 2. The van der Waals surface area contributed by atoms with Gasteiger partial charge in [-0.25, -0.2) is 0 Å². The molecule has 0 aliphatic heterocycles. The van der Waals surface area contributed by atoms with Crippen molar-refractivity contribution in [3.05, 3.63) is 117 Å². The summed E-state index contributed by atoms with van der Waals surface area (Å²) in [6.07, 6.45) is 1.77. The Hall–Kier alpha value is -3.41. The molecule has 0 spiro atoms. The van der Waals surface area contributed by atoms with Crippen molar-refractivity contribution < 1.29 is 9.59 Å². The normalized spacial score (nSPS) is 10.6. The van der Waals surface area contributed by atoms with Gasteiger partial charge in [-0.15, -0.1) is 0 Å². The van der Waals surface area contributed by atoms with Crippen LogP contribution in [0, 0.1) is 0 Å². The van der Waals surface area contributed by atoms with Gasteiger partial charge in [-0.3, -0.25) is 14.3 Å². The average Bonchev–Trinajstić information content (AvgIpc) is 3.20. The number of rotatable bonds is 6. The largest absolute Gasteiger partial charge is 0.305 e. The van der Waals surface area contributed by atoms with Crippen molar-refractivity contribution in [3.63, 3.8) is 0 Å². The topological polar surface area (TPSA) is 64.0 Å². The molecule has 0 unspecified atom stereocenters. The minimum Gasteiger partial charge on any atom is -0.305 e. The van der Waals surface area contributed by atoms with E-state index in [1.807, 2.05) is 24.3 Å². The zero-order chi connectivity index (χ0) is 21.8. The lowest BCUT2D eigenvalue weighted by atomic mass is 9.98. The Balaban J connectivity index is 1.51. The first kappa shape index (κ1) is 20.8. The van der Waals surface area contributed by atoms with E-state index in [1.54, 1.807) is 65.5 Å². The van der Waals surface area contributed by atoms with Crippen LogP contribution in [-0.4, -0.2) is 21.5 Å². The zero-order valence-electron chi connectivity index (χ0n) is 16.3. The van der Waals surface area contributed by atoms with Crippen LogP contribution < -0.4 is 5.32 Å². The molecule has 0 saturated heterocycles. The van der Waals surface area contributed by atoms with E-state index >= 15 is 0 Å². The zero-order valence-corrected chi connectivity index (χ0v) is 17.8. The molecule has 0 aliphatic rings. The highest BCUT2D eigenvalue weighted by Crippen LogP contribution is 2.19. The molecule has 1 aromatic heterocycles. The van der Waals surface area contributed by atoms with Crippen LogP contribution in [0.5, 0.6) is 0 Å². The highest BCUT2D eigenvalue weighted by Gasteiger charge is 2.18. The van der Waals surface area contributed by atoms with E-state index < -0.39 is 5.91 Å². The monoisotopic (exact) mass is 449 g/mol. The van der Waals surface area contributed by atoms with Gasteiger partial charge < -0.3 is 5.32 Å². The SMILES string of the molecule is O=C(Nc1ccn(Cc2cccc(Cl)c2)n1)c1ccccc1C(=O)c1ccc(Cl)cc1. The molecule has 154 valence electrons. The Bertz CT molecular complexity index is 1250. The highest BCUT2D eigenvalue weighted by molar-refractivity contribution is 6.31. The fourth-order valence-electron chi connectivity index (χ4n) is 3.16. The molecule has 3 aromatic carbocycles. The maximum absolute atomic E-state index is 12.9. The number of halogens is 2. The van der Waals surface area contributed by atoms with Gasteiger partial charge in [-0.2, -0.15) is 5.10 Å². The molecule has 1 amide bonds. The second-order valence-electron chi connectivity index (χ2n) is 6.86. The van der Waals surface area contributed by atoms with E-state index in [0.717, 1.165) is 5.56 Å². The number of anilines is 1. The van der Waals surface area contributed by atoms with E-state index in [9.17, 15) is 9.59 Å². The smallest absolute Gasteiger partial charge is 0.257 e. The van der Waals surface area contributed by atoms with Gasteiger partial charge in [0.15, 0.2) is 11.6 Å². The van der Waals surface area contributed by atoms with Crippen molar-refractivity contribution in [3.8, 4) is 0 Å². The fourth-order valence-corrected chi connectivity index (χ4v) is 3.50. The molecular formula is C24H17Cl2N3O2. The molecule has 4 aromatic rings. The number of aromatic nitrogens is 2. The quantitative estimate of drug-likeness (QED) is 0.382. The van der Waals surface area contributed by atoms with Gasteiger partial charge >= 0.3 is 0 Å². The first-order valence-electron chi connectivity index (χ1n) is 9.48. The number of carbonyl (C=O) groups is 2. The lowest BCUT2D eigenvalue weighted by molar-refractivity contribution is 0.0996. The number of nitrogens with one attached hydrogen (secondary N) is 1. The van der Waals surface area contributed by atoms with E-state index in [2.05, 4.69) is 10.4 Å². The predicted molar refractivity (Wildman–Crippen MR) is 122 cm³/mol. The first-order chi connectivity index (χ1) is 15.0. The third-order valence-corrected chi connectivity index (χ3v) is 5.13. The molecule has 1 heterocycles. The first-order valence-corrected chi connectivity index (χ1v) is 10.2. The van der Waals surface area contributed by atoms with E-state index in [-0.39, 0.29) is 11.3 Å². The third-order valence-electron chi connectivity index (χ3n) is 4.64. The molecule has 0 bridgehead atoms. The molecule has 4 rings (SSSR count). The lowest BCUT2D eigenvalue weighted by Crippen LogP contribution is -2.17. The van der Waals surface area contributed by atoms with Crippen LogP contribution in [0.25, 0.3) is 0 Å². The number of benzene rings is 3. The summed E-state index contributed by atoms with van der Waals surface area (Å²) in [6.45, 7) is 0.516. The molecule has 7 heteroatoms. The van der Waals surface area contributed by atoms with Crippen molar-refractivity contribution in [2.24, 2.45) is 0 Å². The molecule has 31 heavy (non-hydrogen) atoms. The molecule has 0 aliphatic carbocycles. The lowest BCUT2D eigenvalue weighted by Gasteiger charge is -2.09. The number of hydrogen-bond donors (Lipinski definition) is 1. The van der Waals surface area contributed by atoms with Gasteiger partial charge in [0, 0.05) is 33.4 Å².